The van der Waals surface area contributed by atoms with Gasteiger partial charge in [-0.25, -0.2) is 9.97 Å². The summed E-state index contributed by atoms with van der Waals surface area (Å²) in [5.74, 6) is 0.821. The molecule has 35 heavy (non-hydrogen) atoms. The minimum Gasteiger partial charge on any atom is -0.393 e. The van der Waals surface area contributed by atoms with E-state index in [-0.39, 0.29) is 18.1 Å². The maximum atomic E-state index is 12.4. The van der Waals surface area contributed by atoms with Crippen LogP contribution in [0.25, 0.3) is 22.2 Å². The highest BCUT2D eigenvalue weighted by molar-refractivity contribution is 6.29. The number of hydrogen-bond donors (Lipinski definition) is 5. The molecule has 0 unspecified atom stereocenters. The van der Waals surface area contributed by atoms with E-state index in [1.54, 1.807) is 6.20 Å². The van der Waals surface area contributed by atoms with Gasteiger partial charge in [-0.15, -0.1) is 0 Å². The molecular formula is C26H33ClN6O2. The lowest BCUT2D eigenvalue weighted by Crippen LogP contribution is -2.46. The Kier molecular flexibility index (Phi) is 7.51. The first kappa shape index (κ1) is 24.0. The first-order chi connectivity index (χ1) is 17.0. The lowest BCUT2D eigenvalue weighted by Gasteiger charge is -2.30. The molecule has 2 saturated carbocycles. The van der Waals surface area contributed by atoms with E-state index in [0.29, 0.717) is 23.8 Å². The fourth-order valence-corrected chi connectivity index (χ4v) is 5.52. The molecule has 8 nitrogen and oxygen atoms in total. The first-order valence-electron chi connectivity index (χ1n) is 12.6. The third-order valence-corrected chi connectivity index (χ3v) is 7.44. The van der Waals surface area contributed by atoms with E-state index in [1.807, 2.05) is 30.5 Å². The molecule has 0 aliphatic heterocycles. The molecule has 0 atom stereocenters. The van der Waals surface area contributed by atoms with Crippen molar-refractivity contribution in [1.29, 1.82) is 0 Å². The summed E-state index contributed by atoms with van der Waals surface area (Å²) in [7, 11) is 0. The first-order valence-corrected chi connectivity index (χ1v) is 13.0. The molecule has 186 valence electrons. The number of fused-ring (bicyclic) bond motifs is 1. The van der Waals surface area contributed by atoms with Gasteiger partial charge in [0.15, 0.2) is 0 Å². The quantitative estimate of drug-likeness (QED) is 0.316. The van der Waals surface area contributed by atoms with Crippen LogP contribution in [-0.4, -0.2) is 56.7 Å². The Labute approximate surface area is 210 Å². The molecule has 0 radical (unpaired) electrons. The lowest BCUT2D eigenvalue weighted by molar-refractivity contribution is -0.121. The zero-order valence-corrected chi connectivity index (χ0v) is 20.5. The topological polar surface area (TPSA) is 115 Å². The maximum absolute atomic E-state index is 12.4. The van der Waals surface area contributed by atoms with Gasteiger partial charge >= 0.3 is 0 Å². The van der Waals surface area contributed by atoms with Gasteiger partial charge in [0.2, 0.25) is 5.91 Å². The van der Waals surface area contributed by atoms with Gasteiger partial charge in [0, 0.05) is 41.5 Å². The van der Waals surface area contributed by atoms with Crippen LogP contribution in [-0.2, 0) is 4.79 Å². The molecular weight excluding hydrogens is 464 g/mol. The second kappa shape index (κ2) is 10.9. The van der Waals surface area contributed by atoms with Crippen LogP contribution in [0.1, 0.15) is 51.4 Å². The fourth-order valence-electron chi connectivity index (χ4n) is 5.31. The van der Waals surface area contributed by atoms with E-state index in [4.69, 9.17) is 11.6 Å². The van der Waals surface area contributed by atoms with Gasteiger partial charge in [-0.3, -0.25) is 4.79 Å². The lowest BCUT2D eigenvalue weighted by atomic mass is 9.91. The molecule has 0 saturated heterocycles. The predicted octanol–water partition coefficient (Wildman–Crippen LogP) is 4.01. The second-order valence-corrected chi connectivity index (χ2v) is 10.2. The largest absolute Gasteiger partial charge is 0.393 e. The smallest absolute Gasteiger partial charge is 0.234 e. The number of nitrogens with zero attached hydrogens (tertiary/aromatic N) is 2. The van der Waals surface area contributed by atoms with Crippen molar-refractivity contribution in [1.82, 2.24) is 25.6 Å². The number of anilines is 1. The number of halogens is 1. The average molecular weight is 497 g/mol. The molecule has 3 aromatic heterocycles. The van der Waals surface area contributed by atoms with Crippen molar-refractivity contribution in [2.24, 2.45) is 0 Å². The van der Waals surface area contributed by atoms with Crippen LogP contribution in [0.4, 0.5) is 5.82 Å². The van der Waals surface area contributed by atoms with Crippen molar-refractivity contribution in [3.8, 4) is 11.1 Å². The van der Waals surface area contributed by atoms with Crippen LogP contribution in [0, 0.1) is 0 Å². The Bertz CT molecular complexity index is 1150. The second-order valence-electron chi connectivity index (χ2n) is 9.81. The minimum atomic E-state index is -0.176. The molecule has 0 spiro atoms. The van der Waals surface area contributed by atoms with E-state index in [0.717, 1.165) is 79.3 Å². The van der Waals surface area contributed by atoms with Crippen molar-refractivity contribution in [3.63, 3.8) is 0 Å². The fraction of sp³-hybridized carbons (Fsp3) is 0.500. The van der Waals surface area contributed by atoms with Crippen LogP contribution >= 0.6 is 11.6 Å². The van der Waals surface area contributed by atoms with Crippen LogP contribution in [0.5, 0.6) is 0 Å². The van der Waals surface area contributed by atoms with Gasteiger partial charge < -0.3 is 26.0 Å². The summed E-state index contributed by atoms with van der Waals surface area (Å²) in [6.45, 7) is 0.345. The number of H-pyrrole nitrogens is 1. The van der Waals surface area contributed by atoms with E-state index < -0.39 is 0 Å². The van der Waals surface area contributed by atoms with Gasteiger partial charge in [-0.05, 0) is 81.2 Å². The molecule has 3 heterocycles. The van der Waals surface area contributed by atoms with Gasteiger partial charge in [0.25, 0.3) is 0 Å². The highest BCUT2D eigenvalue weighted by atomic mass is 35.5. The Balaban J connectivity index is 1.11. The average Bonchev–Trinajstić information content (AvgIpc) is 3.29. The maximum Gasteiger partial charge on any atom is 0.234 e. The van der Waals surface area contributed by atoms with Crippen molar-refractivity contribution in [2.75, 3.05) is 11.9 Å². The number of amides is 1. The SMILES string of the molecule is O=C(CNC1CCC(O)CC1)NC1CCC(Nc2cc(-c3c[nH]c4ncccc34)cc(Cl)n2)CC1. The third kappa shape index (κ3) is 6.12. The number of carbonyl (C=O) groups is 1. The molecule has 1 amide bonds. The number of aliphatic hydroxyl groups excluding tert-OH is 1. The van der Waals surface area contributed by atoms with E-state index >= 15 is 0 Å². The predicted molar refractivity (Wildman–Crippen MR) is 138 cm³/mol. The minimum absolute atomic E-state index is 0.0573. The zero-order valence-electron chi connectivity index (χ0n) is 19.8. The normalized spacial score (nSPS) is 24.9. The summed E-state index contributed by atoms with van der Waals surface area (Å²) in [6.07, 6.45) is 10.8. The molecule has 2 fully saturated rings. The van der Waals surface area contributed by atoms with Gasteiger partial charge in [0.1, 0.15) is 16.6 Å². The highest BCUT2D eigenvalue weighted by Crippen LogP contribution is 2.31. The summed E-state index contributed by atoms with van der Waals surface area (Å²) in [5, 5.41) is 21.2. The van der Waals surface area contributed by atoms with Crippen molar-refractivity contribution >= 4 is 34.4 Å². The van der Waals surface area contributed by atoms with Crippen LogP contribution in [0.15, 0.2) is 36.7 Å². The van der Waals surface area contributed by atoms with Crippen molar-refractivity contribution in [2.45, 2.75) is 75.6 Å². The molecule has 2 aliphatic carbocycles. The van der Waals surface area contributed by atoms with Gasteiger partial charge in [-0.1, -0.05) is 11.6 Å². The van der Waals surface area contributed by atoms with E-state index in [1.165, 1.54) is 0 Å². The monoisotopic (exact) mass is 496 g/mol. The van der Waals surface area contributed by atoms with Crippen LogP contribution in [0.3, 0.4) is 0 Å². The summed E-state index contributed by atoms with van der Waals surface area (Å²) in [6, 6.07) is 8.70. The Morgan fingerprint density at radius 3 is 2.60 bits per heavy atom. The Morgan fingerprint density at radius 1 is 1.06 bits per heavy atom. The van der Waals surface area contributed by atoms with Crippen LogP contribution < -0.4 is 16.0 Å². The Morgan fingerprint density at radius 2 is 1.80 bits per heavy atom. The van der Waals surface area contributed by atoms with Gasteiger partial charge in [0.05, 0.1) is 12.6 Å². The van der Waals surface area contributed by atoms with Crippen molar-refractivity contribution < 1.29 is 9.90 Å². The summed E-state index contributed by atoms with van der Waals surface area (Å²) in [5.41, 5.74) is 2.88. The number of carbonyl (C=O) groups excluding carboxylic acids is 1. The number of pyridine rings is 2. The standard InChI is InChI=1S/C26H33ClN6O2/c27-23-12-16(22-14-30-26-21(22)2-1-11-28-26)13-24(33-23)31-18-3-5-19(6-4-18)32-25(35)15-29-17-7-9-20(34)10-8-17/h1-2,11-14,17-20,29,34H,3-10,15H2,(H,28,30)(H,31,33)(H,32,35). The van der Waals surface area contributed by atoms with Gasteiger partial charge in [-0.2, -0.15) is 0 Å². The third-order valence-electron chi connectivity index (χ3n) is 7.25. The van der Waals surface area contributed by atoms with E-state index in [2.05, 4.69) is 30.9 Å². The summed E-state index contributed by atoms with van der Waals surface area (Å²) in [4.78, 5) is 24.5. The number of aromatic amines is 1. The summed E-state index contributed by atoms with van der Waals surface area (Å²) < 4.78 is 0. The number of hydrogen-bond acceptors (Lipinski definition) is 6. The zero-order chi connectivity index (χ0) is 24.2. The number of nitrogens with one attached hydrogen (secondary N) is 4. The molecule has 3 aromatic rings. The molecule has 2 aliphatic rings. The van der Waals surface area contributed by atoms with Crippen molar-refractivity contribution in [3.05, 3.63) is 41.8 Å². The summed E-state index contributed by atoms with van der Waals surface area (Å²) >= 11 is 6.37. The molecule has 0 bridgehead atoms. The number of aliphatic hydroxyl groups is 1. The molecule has 9 heteroatoms. The highest BCUT2D eigenvalue weighted by Gasteiger charge is 2.24. The van der Waals surface area contributed by atoms with Crippen LogP contribution in [0.2, 0.25) is 5.15 Å². The number of rotatable bonds is 7. The molecule has 5 rings (SSSR count). The number of aromatic nitrogens is 3. The molecule has 0 aromatic carbocycles. The Hall–Kier alpha value is -2.68. The molecule has 5 N–H and O–H groups in total. The van der Waals surface area contributed by atoms with E-state index in [9.17, 15) is 9.90 Å².